The second kappa shape index (κ2) is 9.39. The fourth-order valence-corrected chi connectivity index (χ4v) is 3.35. The fraction of sp³-hybridized carbons (Fsp3) is 0.292. The Labute approximate surface area is 178 Å². The number of hydrogen-bond donors (Lipinski definition) is 2. The zero-order valence-electron chi connectivity index (χ0n) is 18.3. The molecule has 0 aliphatic rings. The molecule has 0 bridgehead atoms. The van der Waals surface area contributed by atoms with Gasteiger partial charge in [-0.3, -0.25) is 4.79 Å². The maximum Gasteiger partial charge on any atom is 0.255 e. The number of aryl methyl sites for hydroxylation is 3. The van der Waals surface area contributed by atoms with E-state index in [2.05, 4.69) is 39.3 Å². The Morgan fingerprint density at radius 1 is 0.900 bits per heavy atom. The molecular formula is C24H29N5O. The third-order valence-electron chi connectivity index (χ3n) is 4.95. The predicted molar refractivity (Wildman–Crippen MR) is 124 cm³/mol. The molecule has 30 heavy (non-hydrogen) atoms. The van der Waals surface area contributed by atoms with Crippen molar-refractivity contribution in [3.05, 3.63) is 70.9 Å². The fourth-order valence-electron chi connectivity index (χ4n) is 3.35. The van der Waals surface area contributed by atoms with Gasteiger partial charge in [0.05, 0.1) is 0 Å². The average molecular weight is 404 g/mol. The van der Waals surface area contributed by atoms with Gasteiger partial charge in [-0.05, 0) is 70.5 Å². The van der Waals surface area contributed by atoms with E-state index in [-0.39, 0.29) is 5.91 Å². The van der Waals surface area contributed by atoms with Gasteiger partial charge in [-0.15, -0.1) is 0 Å². The summed E-state index contributed by atoms with van der Waals surface area (Å²) in [6.45, 7) is 11.9. The Hall–Kier alpha value is -3.41. The number of carbonyl (C=O) groups is 1. The third-order valence-corrected chi connectivity index (χ3v) is 4.95. The molecule has 1 aromatic heterocycles. The van der Waals surface area contributed by atoms with Gasteiger partial charge >= 0.3 is 0 Å². The van der Waals surface area contributed by atoms with Crippen molar-refractivity contribution in [3.8, 4) is 0 Å². The largest absolute Gasteiger partial charge is 0.357 e. The quantitative estimate of drug-likeness (QED) is 0.564. The first-order valence-corrected chi connectivity index (χ1v) is 10.3. The monoisotopic (exact) mass is 403 g/mol. The van der Waals surface area contributed by atoms with Crippen molar-refractivity contribution in [2.75, 3.05) is 28.6 Å². The first kappa shape index (κ1) is 21.3. The molecule has 0 spiro atoms. The minimum atomic E-state index is -0.112. The number of aromatic nitrogens is 2. The van der Waals surface area contributed by atoms with Gasteiger partial charge in [-0.1, -0.05) is 17.7 Å². The molecule has 3 rings (SSSR count). The van der Waals surface area contributed by atoms with Gasteiger partial charge in [0.15, 0.2) is 0 Å². The molecule has 2 N–H and O–H groups in total. The second-order valence-corrected chi connectivity index (χ2v) is 7.34. The normalized spacial score (nSPS) is 10.6. The third kappa shape index (κ3) is 5.14. The number of hydrogen-bond acceptors (Lipinski definition) is 5. The van der Waals surface area contributed by atoms with Crippen LogP contribution >= 0.6 is 0 Å². The SMILES string of the molecule is CCN(CC)c1cc(C)nc(Nc2ccc(NC(=O)c3ccc(C)cc3C)cc2)n1. The molecule has 6 nitrogen and oxygen atoms in total. The van der Waals surface area contributed by atoms with Crippen LogP contribution in [0.4, 0.5) is 23.1 Å². The van der Waals surface area contributed by atoms with Crippen molar-refractivity contribution >= 4 is 29.0 Å². The van der Waals surface area contributed by atoms with E-state index >= 15 is 0 Å². The van der Waals surface area contributed by atoms with Gasteiger partial charge in [0, 0.05) is 41.8 Å². The maximum atomic E-state index is 12.6. The molecule has 0 aliphatic carbocycles. The lowest BCUT2D eigenvalue weighted by Gasteiger charge is -2.20. The second-order valence-electron chi connectivity index (χ2n) is 7.34. The van der Waals surface area contributed by atoms with Crippen LogP contribution in [0.15, 0.2) is 48.5 Å². The van der Waals surface area contributed by atoms with Crippen molar-refractivity contribution in [3.63, 3.8) is 0 Å². The first-order valence-electron chi connectivity index (χ1n) is 10.3. The Bertz CT molecular complexity index is 1030. The zero-order chi connectivity index (χ0) is 21.7. The lowest BCUT2D eigenvalue weighted by molar-refractivity contribution is 0.102. The molecule has 1 amide bonds. The molecule has 0 unspecified atom stereocenters. The van der Waals surface area contributed by atoms with Gasteiger partial charge in [-0.25, -0.2) is 4.98 Å². The van der Waals surface area contributed by atoms with Crippen LogP contribution in [0.2, 0.25) is 0 Å². The van der Waals surface area contributed by atoms with Crippen LogP contribution < -0.4 is 15.5 Å². The van der Waals surface area contributed by atoms with Crippen LogP contribution in [0, 0.1) is 20.8 Å². The van der Waals surface area contributed by atoms with E-state index in [0.717, 1.165) is 47.1 Å². The summed E-state index contributed by atoms with van der Waals surface area (Å²) in [6, 6.07) is 15.3. The Morgan fingerprint density at radius 3 is 2.20 bits per heavy atom. The highest BCUT2D eigenvalue weighted by molar-refractivity contribution is 6.05. The Kier molecular flexibility index (Phi) is 6.67. The molecule has 0 saturated heterocycles. The van der Waals surface area contributed by atoms with E-state index in [9.17, 15) is 4.79 Å². The number of benzene rings is 2. The lowest BCUT2D eigenvalue weighted by Crippen LogP contribution is -2.23. The summed E-state index contributed by atoms with van der Waals surface area (Å²) < 4.78 is 0. The Balaban J connectivity index is 1.71. The zero-order valence-corrected chi connectivity index (χ0v) is 18.3. The van der Waals surface area contributed by atoms with E-state index < -0.39 is 0 Å². The van der Waals surface area contributed by atoms with Crippen LogP contribution in [0.25, 0.3) is 0 Å². The minimum Gasteiger partial charge on any atom is -0.357 e. The summed E-state index contributed by atoms with van der Waals surface area (Å²) in [5.41, 5.74) is 5.29. The van der Waals surface area contributed by atoms with Crippen LogP contribution in [-0.2, 0) is 0 Å². The molecule has 6 heteroatoms. The van der Waals surface area contributed by atoms with Crippen molar-refractivity contribution < 1.29 is 4.79 Å². The predicted octanol–water partition coefficient (Wildman–Crippen LogP) is 5.24. The van der Waals surface area contributed by atoms with Gasteiger partial charge < -0.3 is 15.5 Å². The Morgan fingerprint density at radius 2 is 1.57 bits per heavy atom. The molecule has 0 saturated carbocycles. The van der Waals surface area contributed by atoms with Crippen molar-refractivity contribution in [1.29, 1.82) is 0 Å². The number of carbonyl (C=O) groups excluding carboxylic acids is 1. The van der Waals surface area contributed by atoms with Gasteiger partial charge in [0.1, 0.15) is 5.82 Å². The number of rotatable bonds is 7. The van der Waals surface area contributed by atoms with Crippen molar-refractivity contribution in [2.24, 2.45) is 0 Å². The average Bonchev–Trinajstić information content (AvgIpc) is 2.70. The summed E-state index contributed by atoms with van der Waals surface area (Å²) >= 11 is 0. The van der Waals surface area contributed by atoms with Gasteiger partial charge in [0.2, 0.25) is 5.95 Å². The molecule has 156 valence electrons. The highest BCUT2D eigenvalue weighted by atomic mass is 16.1. The summed E-state index contributed by atoms with van der Waals surface area (Å²) in [4.78, 5) is 23.9. The topological polar surface area (TPSA) is 70.2 Å². The van der Waals surface area contributed by atoms with Crippen molar-refractivity contribution in [1.82, 2.24) is 9.97 Å². The molecule has 3 aromatic rings. The molecule has 0 atom stereocenters. The molecular weight excluding hydrogens is 374 g/mol. The number of nitrogens with one attached hydrogen (secondary N) is 2. The lowest BCUT2D eigenvalue weighted by atomic mass is 10.1. The van der Waals surface area contributed by atoms with Crippen LogP contribution in [-0.4, -0.2) is 29.0 Å². The van der Waals surface area contributed by atoms with Crippen LogP contribution in [0.1, 0.15) is 41.0 Å². The molecule has 1 heterocycles. The molecule has 0 aliphatic heterocycles. The van der Waals surface area contributed by atoms with E-state index in [0.29, 0.717) is 11.5 Å². The smallest absolute Gasteiger partial charge is 0.255 e. The number of anilines is 4. The van der Waals surface area contributed by atoms with E-state index in [1.54, 1.807) is 0 Å². The van der Waals surface area contributed by atoms with Crippen LogP contribution in [0.5, 0.6) is 0 Å². The molecule has 2 aromatic carbocycles. The van der Waals surface area contributed by atoms with Gasteiger partial charge in [0.25, 0.3) is 5.91 Å². The van der Waals surface area contributed by atoms with Crippen molar-refractivity contribution in [2.45, 2.75) is 34.6 Å². The highest BCUT2D eigenvalue weighted by Gasteiger charge is 2.10. The summed E-state index contributed by atoms with van der Waals surface area (Å²) in [7, 11) is 0. The highest BCUT2D eigenvalue weighted by Crippen LogP contribution is 2.21. The standard InChI is InChI=1S/C24H29N5O/c1-6-29(7-2)22-15-18(5)25-24(28-22)27-20-11-9-19(10-12-20)26-23(30)21-13-8-16(3)14-17(21)4/h8-15H,6-7H2,1-5H3,(H,26,30)(H,25,27,28). The maximum absolute atomic E-state index is 12.6. The number of amides is 1. The summed E-state index contributed by atoms with van der Waals surface area (Å²) in [5, 5.41) is 6.21. The van der Waals surface area contributed by atoms with E-state index in [1.165, 1.54) is 0 Å². The summed E-state index contributed by atoms with van der Waals surface area (Å²) in [6.07, 6.45) is 0. The van der Waals surface area contributed by atoms with E-state index in [1.807, 2.05) is 69.3 Å². The molecule has 0 fully saturated rings. The minimum absolute atomic E-state index is 0.112. The number of nitrogens with zero attached hydrogens (tertiary/aromatic N) is 3. The van der Waals surface area contributed by atoms with E-state index in [4.69, 9.17) is 0 Å². The van der Waals surface area contributed by atoms with Crippen LogP contribution in [0.3, 0.4) is 0 Å². The van der Waals surface area contributed by atoms with Gasteiger partial charge in [-0.2, -0.15) is 4.98 Å². The first-order chi connectivity index (χ1) is 14.4. The summed E-state index contributed by atoms with van der Waals surface area (Å²) in [5.74, 6) is 1.36. The molecule has 0 radical (unpaired) electrons.